The van der Waals surface area contributed by atoms with E-state index in [9.17, 15) is 18.9 Å². The van der Waals surface area contributed by atoms with Crippen LogP contribution in [0.1, 0.15) is 30.9 Å². The molecule has 1 aliphatic rings. The van der Waals surface area contributed by atoms with E-state index in [1.54, 1.807) is 0 Å². The molecule has 1 saturated heterocycles. The van der Waals surface area contributed by atoms with Gasteiger partial charge in [0.05, 0.1) is 19.3 Å². The van der Waals surface area contributed by atoms with Crippen molar-refractivity contribution in [3.8, 4) is 0 Å². The minimum absolute atomic E-state index is 0.00471. The Morgan fingerprint density at radius 1 is 1.03 bits per heavy atom. The summed E-state index contributed by atoms with van der Waals surface area (Å²) in [5, 5.41) is 13.8. The first-order chi connectivity index (χ1) is 16.8. The summed E-state index contributed by atoms with van der Waals surface area (Å²) in [5.41, 5.74) is 1.57. The van der Waals surface area contributed by atoms with Gasteiger partial charge in [0.15, 0.2) is 0 Å². The second kappa shape index (κ2) is 12.6. The molecule has 0 aliphatic carbocycles. The Bertz CT molecular complexity index is 1000. The van der Waals surface area contributed by atoms with E-state index >= 15 is 0 Å². The van der Waals surface area contributed by atoms with Gasteiger partial charge in [0.25, 0.3) is 0 Å². The van der Waals surface area contributed by atoms with Gasteiger partial charge in [-0.05, 0) is 30.9 Å². The molecule has 0 radical (unpaired) electrons. The summed E-state index contributed by atoms with van der Waals surface area (Å²) in [4.78, 5) is 37.7. The maximum Gasteiger partial charge on any atom is 0.406 e. The summed E-state index contributed by atoms with van der Waals surface area (Å²) < 4.78 is 24.9. The molecule has 0 unspecified atom stereocenters. The number of carbonyl (C=O) groups is 3. The minimum atomic E-state index is -3.95. The number of likely N-dealkylation sites (tertiary alicyclic amines) is 1. The molecule has 2 aromatic carbocycles. The fourth-order valence-electron chi connectivity index (χ4n) is 3.70. The van der Waals surface area contributed by atoms with Crippen molar-refractivity contribution in [2.24, 2.45) is 0 Å². The number of hydrogen-bond acceptors (Lipinski definition) is 6. The highest BCUT2D eigenvalue weighted by Crippen LogP contribution is 2.46. The van der Waals surface area contributed by atoms with Gasteiger partial charge in [-0.1, -0.05) is 60.7 Å². The molecule has 35 heavy (non-hydrogen) atoms. The van der Waals surface area contributed by atoms with E-state index in [0.29, 0.717) is 19.4 Å². The highest BCUT2D eigenvalue weighted by molar-refractivity contribution is 7.51. The van der Waals surface area contributed by atoms with Gasteiger partial charge in [0.2, 0.25) is 11.8 Å². The van der Waals surface area contributed by atoms with Gasteiger partial charge < -0.3 is 15.3 Å². The number of aliphatic carboxylic acids is 1. The van der Waals surface area contributed by atoms with Gasteiger partial charge >= 0.3 is 13.7 Å². The van der Waals surface area contributed by atoms with Gasteiger partial charge in [0, 0.05) is 6.54 Å². The first-order valence-corrected chi connectivity index (χ1v) is 12.9. The van der Waals surface area contributed by atoms with Crippen molar-refractivity contribution in [1.29, 1.82) is 0 Å². The molecule has 10 nitrogen and oxygen atoms in total. The maximum absolute atomic E-state index is 13.6. The smallest absolute Gasteiger partial charge is 0.406 e. The number of nitrogens with zero attached hydrogens (tertiary/aromatic N) is 1. The Morgan fingerprint density at radius 3 is 2.09 bits per heavy atom. The number of benzene rings is 2. The molecule has 2 atom stereocenters. The van der Waals surface area contributed by atoms with Gasteiger partial charge in [-0.15, -0.1) is 0 Å². The van der Waals surface area contributed by atoms with E-state index in [-0.39, 0.29) is 13.2 Å². The molecule has 0 aromatic heterocycles. The van der Waals surface area contributed by atoms with Crippen LogP contribution in [-0.4, -0.2) is 53.0 Å². The van der Waals surface area contributed by atoms with Crippen LogP contribution in [0.3, 0.4) is 0 Å². The Kier molecular flexibility index (Phi) is 9.56. The lowest BCUT2D eigenvalue weighted by atomic mass is 10.2. The lowest BCUT2D eigenvalue weighted by Gasteiger charge is -2.29. The second-order valence-electron chi connectivity index (χ2n) is 8.17. The van der Waals surface area contributed by atoms with Crippen LogP contribution in [-0.2, 0) is 41.2 Å². The highest BCUT2D eigenvalue weighted by atomic mass is 31.2. The summed E-state index contributed by atoms with van der Waals surface area (Å²) in [6.07, 6.45) is 1.01. The van der Waals surface area contributed by atoms with Crippen LogP contribution in [0.15, 0.2) is 60.7 Å². The zero-order valence-corrected chi connectivity index (χ0v) is 20.4. The van der Waals surface area contributed by atoms with Gasteiger partial charge in [0.1, 0.15) is 12.6 Å². The van der Waals surface area contributed by atoms with Crippen LogP contribution in [0.2, 0.25) is 0 Å². The summed E-state index contributed by atoms with van der Waals surface area (Å²) in [7, 11) is -3.95. The van der Waals surface area contributed by atoms with Crippen molar-refractivity contribution < 1.29 is 33.1 Å². The van der Waals surface area contributed by atoms with Crippen molar-refractivity contribution in [2.75, 3.05) is 13.1 Å². The topological polar surface area (TPSA) is 134 Å². The molecule has 1 heterocycles. The number of carboxylic acids is 1. The average molecular weight is 503 g/mol. The molecule has 1 aliphatic heterocycles. The SMILES string of the molecule is C[C@H](NP(=O)(OCc1ccccc1)OCc1ccccc1)C(=O)N1CCC[C@H]1C(=O)NCC(=O)O. The molecule has 3 N–H and O–H groups in total. The number of carboxylic acid groups (broad SMARTS) is 1. The molecular weight excluding hydrogens is 473 g/mol. The zero-order chi connectivity index (χ0) is 25.3. The number of nitrogens with one attached hydrogen (secondary N) is 2. The van der Waals surface area contributed by atoms with Crippen molar-refractivity contribution in [3.63, 3.8) is 0 Å². The molecule has 0 saturated carbocycles. The van der Waals surface area contributed by atoms with Crippen LogP contribution in [0, 0.1) is 0 Å². The summed E-state index contributed by atoms with van der Waals surface area (Å²) in [6.45, 7) is 1.34. The van der Waals surface area contributed by atoms with Crippen molar-refractivity contribution in [1.82, 2.24) is 15.3 Å². The molecule has 2 aromatic rings. The lowest BCUT2D eigenvalue weighted by Crippen LogP contribution is -2.51. The Labute approximate surface area is 204 Å². The van der Waals surface area contributed by atoms with Crippen LogP contribution >= 0.6 is 7.75 Å². The third-order valence-corrected chi connectivity index (χ3v) is 7.10. The third kappa shape index (κ3) is 8.00. The van der Waals surface area contributed by atoms with Crippen molar-refractivity contribution in [3.05, 3.63) is 71.8 Å². The van der Waals surface area contributed by atoms with E-state index in [1.165, 1.54) is 11.8 Å². The monoisotopic (exact) mass is 503 g/mol. The van der Waals surface area contributed by atoms with E-state index in [4.69, 9.17) is 14.2 Å². The van der Waals surface area contributed by atoms with Crippen LogP contribution in [0.25, 0.3) is 0 Å². The zero-order valence-electron chi connectivity index (χ0n) is 19.5. The van der Waals surface area contributed by atoms with E-state index in [2.05, 4.69) is 10.4 Å². The van der Waals surface area contributed by atoms with Gasteiger partial charge in [-0.3, -0.25) is 23.4 Å². The Hall–Kier alpha value is -3.04. The standard InChI is InChI=1S/C24H30N3O7P/c1-18(24(31)27-14-8-13-21(27)23(30)25-15-22(28)29)26-35(32,33-16-19-9-4-2-5-10-19)34-17-20-11-6-3-7-12-20/h2-7,9-12,18,21H,8,13-17H2,1H3,(H,25,30)(H,26,32)(H,28,29)/t18-,21-/m0/s1. The number of rotatable bonds is 12. The van der Waals surface area contributed by atoms with Crippen molar-refractivity contribution in [2.45, 2.75) is 45.1 Å². The quantitative estimate of drug-likeness (QED) is 0.377. The molecule has 3 rings (SSSR count). The van der Waals surface area contributed by atoms with Crippen LogP contribution in [0.4, 0.5) is 0 Å². The molecule has 188 valence electrons. The fraction of sp³-hybridized carbons (Fsp3) is 0.375. The molecule has 11 heteroatoms. The first kappa shape index (κ1) is 26.6. The van der Waals surface area contributed by atoms with Crippen LogP contribution in [0.5, 0.6) is 0 Å². The largest absolute Gasteiger partial charge is 0.480 e. The number of carbonyl (C=O) groups excluding carboxylic acids is 2. The third-order valence-electron chi connectivity index (χ3n) is 5.46. The Morgan fingerprint density at radius 2 is 1.57 bits per heavy atom. The van der Waals surface area contributed by atoms with Crippen molar-refractivity contribution >= 4 is 25.5 Å². The summed E-state index contributed by atoms with van der Waals surface area (Å²) in [6, 6.07) is 16.5. The lowest BCUT2D eigenvalue weighted by molar-refractivity contribution is -0.141. The predicted molar refractivity (Wildman–Crippen MR) is 128 cm³/mol. The first-order valence-electron chi connectivity index (χ1n) is 11.3. The predicted octanol–water partition coefficient (Wildman–Crippen LogP) is 2.70. The van der Waals surface area contributed by atoms with Crippen LogP contribution < -0.4 is 10.4 Å². The molecule has 0 spiro atoms. The molecule has 2 amide bonds. The fourth-order valence-corrected chi connectivity index (χ4v) is 5.15. The van der Waals surface area contributed by atoms with Gasteiger partial charge in [-0.25, -0.2) is 9.65 Å². The highest BCUT2D eigenvalue weighted by Gasteiger charge is 2.38. The maximum atomic E-state index is 13.6. The van der Waals surface area contributed by atoms with E-state index < -0.39 is 44.2 Å². The molecular formula is C24H30N3O7P. The van der Waals surface area contributed by atoms with Gasteiger partial charge in [-0.2, -0.15) is 0 Å². The molecule has 0 bridgehead atoms. The van der Waals surface area contributed by atoms with E-state index in [1.807, 2.05) is 60.7 Å². The number of amides is 2. The summed E-state index contributed by atoms with van der Waals surface area (Å²) >= 11 is 0. The minimum Gasteiger partial charge on any atom is -0.480 e. The number of hydrogen-bond donors (Lipinski definition) is 3. The normalized spacial score (nSPS) is 16.6. The second-order valence-corrected chi connectivity index (χ2v) is 9.94. The average Bonchev–Trinajstić information content (AvgIpc) is 3.36. The summed E-state index contributed by atoms with van der Waals surface area (Å²) in [5.74, 6) is -2.16. The van der Waals surface area contributed by atoms with E-state index in [0.717, 1.165) is 11.1 Å². The molecule has 1 fully saturated rings. The Balaban J connectivity index is 1.68.